The van der Waals surface area contributed by atoms with Crippen LogP contribution < -0.4 is 4.74 Å². The van der Waals surface area contributed by atoms with Crippen molar-refractivity contribution >= 4 is 15.9 Å². The number of methoxy groups -OCH3 is 1. The van der Waals surface area contributed by atoms with Crippen LogP contribution in [-0.4, -0.2) is 7.11 Å². The van der Waals surface area contributed by atoms with Gasteiger partial charge in [0.1, 0.15) is 5.75 Å². The molecule has 1 rings (SSSR count). The molecule has 0 aromatic heterocycles. The molecule has 0 aliphatic carbocycles. The molecule has 12 heavy (non-hydrogen) atoms. The average Bonchev–Trinajstić information content (AvgIpc) is 2.08. The lowest BCUT2D eigenvalue weighted by molar-refractivity contribution is 0.407. The highest BCUT2D eigenvalue weighted by molar-refractivity contribution is 9.10. The highest BCUT2D eigenvalue weighted by atomic mass is 79.9. The molecule has 1 aromatic carbocycles. The van der Waals surface area contributed by atoms with E-state index in [4.69, 9.17) is 4.74 Å². The van der Waals surface area contributed by atoms with E-state index in [-0.39, 0.29) is 0 Å². The third-order valence-electron chi connectivity index (χ3n) is 2.00. The van der Waals surface area contributed by atoms with Crippen molar-refractivity contribution in [3.8, 4) is 5.75 Å². The first-order valence-corrected chi connectivity index (χ1v) is 4.82. The Hall–Kier alpha value is -0.500. The monoisotopic (exact) mass is 228 g/mol. The lowest BCUT2D eigenvalue weighted by Crippen LogP contribution is -1.94. The van der Waals surface area contributed by atoms with Crippen molar-refractivity contribution in [2.45, 2.75) is 20.3 Å². The summed E-state index contributed by atoms with van der Waals surface area (Å²) in [5, 5.41) is 0. The molecule has 0 heterocycles. The van der Waals surface area contributed by atoms with Gasteiger partial charge in [0, 0.05) is 0 Å². The van der Waals surface area contributed by atoms with Crippen LogP contribution in [0, 0.1) is 6.92 Å². The zero-order valence-corrected chi connectivity index (χ0v) is 9.23. The number of hydrogen-bond donors (Lipinski definition) is 0. The van der Waals surface area contributed by atoms with Crippen LogP contribution in [-0.2, 0) is 6.42 Å². The Kier molecular flexibility index (Phi) is 3.15. The molecule has 0 saturated heterocycles. The first-order valence-electron chi connectivity index (χ1n) is 4.02. The van der Waals surface area contributed by atoms with E-state index < -0.39 is 0 Å². The third kappa shape index (κ3) is 1.63. The van der Waals surface area contributed by atoms with Gasteiger partial charge in [-0.1, -0.05) is 13.0 Å². The standard InChI is InChI=1S/C10H13BrO/c1-4-8-7(2)5-6-9(11)10(8)12-3/h5-6H,4H2,1-3H3. The summed E-state index contributed by atoms with van der Waals surface area (Å²) in [5.74, 6) is 0.970. The van der Waals surface area contributed by atoms with Gasteiger partial charge >= 0.3 is 0 Å². The average molecular weight is 229 g/mol. The van der Waals surface area contributed by atoms with E-state index in [1.165, 1.54) is 11.1 Å². The minimum absolute atomic E-state index is 0.970. The van der Waals surface area contributed by atoms with Crippen molar-refractivity contribution in [1.82, 2.24) is 0 Å². The Morgan fingerprint density at radius 3 is 2.50 bits per heavy atom. The molecule has 0 aliphatic heterocycles. The number of rotatable bonds is 2. The van der Waals surface area contributed by atoms with Crippen molar-refractivity contribution < 1.29 is 4.74 Å². The van der Waals surface area contributed by atoms with E-state index in [0.717, 1.165) is 16.6 Å². The first-order chi connectivity index (χ1) is 5.70. The van der Waals surface area contributed by atoms with Gasteiger partial charge in [0.25, 0.3) is 0 Å². The second-order valence-electron chi connectivity index (χ2n) is 2.73. The molecule has 0 radical (unpaired) electrons. The van der Waals surface area contributed by atoms with E-state index in [1.54, 1.807) is 7.11 Å². The van der Waals surface area contributed by atoms with Gasteiger partial charge in [0.2, 0.25) is 0 Å². The molecule has 0 spiro atoms. The Morgan fingerprint density at radius 1 is 1.42 bits per heavy atom. The number of hydrogen-bond acceptors (Lipinski definition) is 1. The van der Waals surface area contributed by atoms with Crippen LogP contribution >= 0.6 is 15.9 Å². The fourth-order valence-electron chi connectivity index (χ4n) is 1.36. The van der Waals surface area contributed by atoms with Crippen molar-refractivity contribution in [3.05, 3.63) is 27.7 Å². The van der Waals surface area contributed by atoms with Crippen LogP contribution in [0.2, 0.25) is 0 Å². The third-order valence-corrected chi connectivity index (χ3v) is 2.63. The van der Waals surface area contributed by atoms with E-state index >= 15 is 0 Å². The van der Waals surface area contributed by atoms with Crippen molar-refractivity contribution in [2.75, 3.05) is 7.11 Å². The van der Waals surface area contributed by atoms with E-state index in [0.29, 0.717) is 0 Å². The van der Waals surface area contributed by atoms with Crippen LogP contribution in [0.1, 0.15) is 18.1 Å². The van der Waals surface area contributed by atoms with Crippen LogP contribution in [0.25, 0.3) is 0 Å². The zero-order chi connectivity index (χ0) is 9.14. The fourth-order valence-corrected chi connectivity index (χ4v) is 1.89. The topological polar surface area (TPSA) is 9.23 Å². The molecule has 0 atom stereocenters. The molecule has 2 heteroatoms. The second kappa shape index (κ2) is 3.94. The van der Waals surface area contributed by atoms with Crippen molar-refractivity contribution in [1.29, 1.82) is 0 Å². The summed E-state index contributed by atoms with van der Waals surface area (Å²) in [6.07, 6.45) is 1.01. The molecule has 0 amide bonds. The van der Waals surface area contributed by atoms with Gasteiger partial charge in [-0.25, -0.2) is 0 Å². The molecule has 0 bridgehead atoms. The lowest BCUT2D eigenvalue weighted by Gasteiger charge is -2.11. The highest BCUT2D eigenvalue weighted by Gasteiger charge is 2.07. The van der Waals surface area contributed by atoms with Crippen LogP contribution in [0.5, 0.6) is 5.75 Å². The van der Waals surface area contributed by atoms with E-state index in [2.05, 4.69) is 35.8 Å². The Labute approximate surface area is 81.9 Å². The van der Waals surface area contributed by atoms with Crippen molar-refractivity contribution in [3.63, 3.8) is 0 Å². The summed E-state index contributed by atoms with van der Waals surface area (Å²) in [6, 6.07) is 4.12. The molecule has 0 unspecified atom stereocenters. The fraction of sp³-hybridized carbons (Fsp3) is 0.400. The summed E-state index contributed by atoms with van der Waals surface area (Å²) in [6.45, 7) is 4.24. The predicted octanol–water partition coefficient (Wildman–Crippen LogP) is 3.33. The van der Waals surface area contributed by atoms with Crippen LogP contribution in [0.15, 0.2) is 16.6 Å². The van der Waals surface area contributed by atoms with Gasteiger partial charge < -0.3 is 4.74 Å². The molecule has 1 aromatic rings. The normalized spacial score (nSPS) is 10.0. The number of halogens is 1. The number of ether oxygens (including phenoxy) is 1. The van der Waals surface area contributed by atoms with Gasteiger partial charge in [-0.2, -0.15) is 0 Å². The SMILES string of the molecule is CCc1c(C)ccc(Br)c1OC. The molecule has 0 N–H and O–H groups in total. The minimum Gasteiger partial charge on any atom is -0.495 e. The summed E-state index contributed by atoms with van der Waals surface area (Å²) >= 11 is 3.46. The van der Waals surface area contributed by atoms with Crippen LogP contribution in [0.3, 0.4) is 0 Å². The Balaban J connectivity index is 3.28. The van der Waals surface area contributed by atoms with Crippen molar-refractivity contribution in [2.24, 2.45) is 0 Å². The molecule has 0 saturated carbocycles. The maximum absolute atomic E-state index is 5.30. The summed E-state index contributed by atoms with van der Waals surface area (Å²) in [5.41, 5.74) is 2.57. The maximum atomic E-state index is 5.30. The summed E-state index contributed by atoms with van der Waals surface area (Å²) in [4.78, 5) is 0. The Morgan fingerprint density at radius 2 is 2.08 bits per heavy atom. The quantitative estimate of drug-likeness (QED) is 0.755. The lowest BCUT2D eigenvalue weighted by atomic mass is 10.1. The minimum atomic E-state index is 0.970. The van der Waals surface area contributed by atoms with Gasteiger partial charge in [0.05, 0.1) is 11.6 Å². The second-order valence-corrected chi connectivity index (χ2v) is 3.58. The van der Waals surface area contributed by atoms with Gasteiger partial charge in [-0.3, -0.25) is 0 Å². The Bertz CT molecular complexity index is 252. The molecule has 0 fully saturated rings. The van der Waals surface area contributed by atoms with Gasteiger partial charge in [-0.15, -0.1) is 0 Å². The van der Waals surface area contributed by atoms with Crippen LogP contribution in [0.4, 0.5) is 0 Å². The molecule has 0 aliphatic rings. The van der Waals surface area contributed by atoms with E-state index in [9.17, 15) is 0 Å². The maximum Gasteiger partial charge on any atom is 0.136 e. The molecular formula is C10H13BrO. The van der Waals surface area contributed by atoms with Gasteiger partial charge in [-0.05, 0) is 46.5 Å². The molecular weight excluding hydrogens is 216 g/mol. The van der Waals surface area contributed by atoms with E-state index in [1.807, 2.05) is 6.07 Å². The zero-order valence-electron chi connectivity index (χ0n) is 7.65. The van der Waals surface area contributed by atoms with Gasteiger partial charge in [0.15, 0.2) is 0 Å². The highest BCUT2D eigenvalue weighted by Crippen LogP contribution is 2.31. The first kappa shape index (κ1) is 9.59. The predicted molar refractivity (Wildman–Crippen MR) is 54.8 cm³/mol. The smallest absolute Gasteiger partial charge is 0.136 e. The molecule has 1 nitrogen and oxygen atoms in total. The summed E-state index contributed by atoms with van der Waals surface area (Å²) in [7, 11) is 1.71. The number of benzene rings is 1. The molecule has 66 valence electrons. The largest absolute Gasteiger partial charge is 0.495 e. The number of aryl methyl sites for hydroxylation is 1. The summed E-state index contributed by atoms with van der Waals surface area (Å²) < 4.78 is 6.34.